The van der Waals surface area contributed by atoms with Gasteiger partial charge in [-0.1, -0.05) is 12.1 Å². The van der Waals surface area contributed by atoms with Gasteiger partial charge >= 0.3 is 0 Å². The van der Waals surface area contributed by atoms with Crippen molar-refractivity contribution in [2.75, 3.05) is 23.3 Å². The van der Waals surface area contributed by atoms with Crippen LogP contribution in [-0.2, 0) is 10.5 Å². The second kappa shape index (κ2) is 8.81. The van der Waals surface area contributed by atoms with Crippen LogP contribution >= 0.6 is 23.1 Å². The molecule has 4 rings (SSSR count). The number of aromatic amines is 1. The molecule has 1 fully saturated rings. The number of hydrogen-bond acceptors (Lipinski definition) is 6. The highest BCUT2D eigenvalue weighted by molar-refractivity contribution is 7.99. The zero-order chi connectivity index (χ0) is 21.3. The molecule has 1 saturated heterocycles. The van der Waals surface area contributed by atoms with Gasteiger partial charge in [-0.25, -0.2) is 4.98 Å². The first-order valence-corrected chi connectivity index (χ1v) is 12.1. The Bertz CT molecular complexity index is 1130. The van der Waals surface area contributed by atoms with E-state index in [9.17, 15) is 9.59 Å². The minimum atomic E-state index is -0.274. The van der Waals surface area contributed by atoms with Gasteiger partial charge in [0, 0.05) is 18.0 Å². The molecule has 30 heavy (non-hydrogen) atoms. The molecule has 0 aliphatic carbocycles. The molecule has 0 saturated carbocycles. The molecule has 0 bridgehead atoms. The molecule has 1 unspecified atom stereocenters. The van der Waals surface area contributed by atoms with Crippen LogP contribution in [0.25, 0.3) is 10.2 Å². The molecule has 1 amide bonds. The van der Waals surface area contributed by atoms with Crippen molar-refractivity contribution in [3.63, 3.8) is 0 Å². The summed E-state index contributed by atoms with van der Waals surface area (Å²) in [5.74, 6) is 1.04. The van der Waals surface area contributed by atoms with Crippen molar-refractivity contribution in [2.24, 2.45) is 0 Å². The third-order valence-corrected chi connectivity index (χ3v) is 7.79. The Kier molecular flexibility index (Phi) is 6.15. The topological polar surface area (TPSA) is 78.1 Å². The summed E-state index contributed by atoms with van der Waals surface area (Å²) in [7, 11) is 0. The number of benzene rings is 1. The number of nitrogens with zero attached hydrogens (tertiary/aromatic N) is 2. The lowest BCUT2D eigenvalue weighted by Crippen LogP contribution is -2.25. The van der Waals surface area contributed by atoms with Crippen LogP contribution in [0.3, 0.4) is 0 Å². The largest absolute Gasteiger partial charge is 0.370 e. The number of hydrogen-bond donors (Lipinski definition) is 2. The molecule has 2 aromatic heterocycles. The second-order valence-electron chi connectivity index (χ2n) is 7.63. The van der Waals surface area contributed by atoms with Gasteiger partial charge in [0.25, 0.3) is 5.56 Å². The molecule has 3 aromatic rings. The number of H-pyrrole nitrogens is 1. The van der Waals surface area contributed by atoms with Crippen molar-refractivity contribution in [2.45, 2.75) is 44.6 Å². The molecule has 6 nitrogen and oxygen atoms in total. The number of anilines is 2. The first-order valence-electron chi connectivity index (χ1n) is 10.2. The predicted octanol–water partition coefficient (Wildman–Crippen LogP) is 4.46. The first kappa shape index (κ1) is 20.9. The Morgan fingerprint density at radius 2 is 2.03 bits per heavy atom. The molecular weight excluding hydrogens is 416 g/mol. The molecular formula is C22H26N4O2S2. The maximum Gasteiger partial charge on any atom is 0.259 e. The molecule has 0 radical (unpaired) electrons. The summed E-state index contributed by atoms with van der Waals surface area (Å²) < 4.78 is 0. The Labute approximate surface area is 184 Å². The molecule has 2 N–H and O–H groups in total. The van der Waals surface area contributed by atoms with Crippen molar-refractivity contribution in [3.8, 4) is 0 Å². The molecule has 1 aromatic carbocycles. The fraction of sp³-hybridized carbons (Fsp3) is 0.409. The summed E-state index contributed by atoms with van der Waals surface area (Å²) in [4.78, 5) is 36.9. The second-order valence-corrected chi connectivity index (χ2v) is 10.2. The number of thiophene rings is 1. The lowest BCUT2D eigenvalue weighted by Gasteiger charge is -2.22. The molecule has 1 atom stereocenters. The van der Waals surface area contributed by atoms with Crippen LogP contribution in [-0.4, -0.2) is 34.2 Å². The number of aryl methyl sites for hydroxylation is 2. The lowest BCUT2D eigenvalue weighted by atomic mass is 10.2. The zero-order valence-electron chi connectivity index (χ0n) is 17.4. The van der Waals surface area contributed by atoms with Crippen LogP contribution in [0.15, 0.2) is 29.1 Å². The maximum absolute atomic E-state index is 12.8. The number of aromatic nitrogens is 2. The average molecular weight is 443 g/mol. The quantitative estimate of drug-likeness (QED) is 0.589. The fourth-order valence-electron chi connectivity index (χ4n) is 3.69. The van der Waals surface area contributed by atoms with Gasteiger partial charge in [0.15, 0.2) is 0 Å². The zero-order valence-corrected chi connectivity index (χ0v) is 19.1. The number of fused-ring (bicyclic) bond motifs is 1. The highest BCUT2D eigenvalue weighted by Gasteiger charge is 2.20. The van der Waals surface area contributed by atoms with Crippen LogP contribution in [0.2, 0.25) is 0 Å². The summed E-state index contributed by atoms with van der Waals surface area (Å²) in [6.07, 6.45) is 2.38. The number of para-hydroxylation sites is 2. The highest BCUT2D eigenvalue weighted by atomic mass is 32.2. The van der Waals surface area contributed by atoms with Gasteiger partial charge in [-0.3, -0.25) is 9.59 Å². The average Bonchev–Trinajstić information content (AvgIpc) is 3.35. The summed E-state index contributed by atoms with van der Waals surface area (Å²) in [6.45, 7) is 7.89. The standard InChI is InChI=1S/C22H26N4O2S2/c1-13-14(2)30-22-19(13)21(28)24-18(25-22)12-29-15(3)20(27)23-16-8-4-5-9-17(16)26-10-6-7-11-26/h4-5,8-9,15H,6-7,10-12H2,1-3H3,(H,23,27)(H,24,25,28). The van der Waals surface area contributed by atoms with Gasteiger partial charge in [-0.2, -0.15) is 0 Å². The number of nitrogens with one attached hydrogen (secondary N) is 2. The van der Waals surface area contributed by atoms with Crippen molar-refractivity contribution in [3.05, 3.63) is 50.9 Å². The van der Waals surface area contributed by atoms with E-state index < -0.39 is 0 Å². The van der Waals surface area contributed by atoms with E-state index in [1.54, 1.807) is 0 Å². The maximum atomic E-state index is 12.8. The van der Waals surface area contributed by atoms with Crippen molar-refractivity contribution >= 4 is 50.6 Å². The third-order valence-electron chi connectivity index (χ3n) is 5.54. The monoisotopic (exact) mass is 442 g/mol. The first-order chi connectivity index (χ1) is 14.4. The SMILES string of the molecule is Cc1sc2nc(CSC(C)C(=O)Nc3ccccc3N3CCCC3)[nH]c(=O)c2c1C. The number of carbonyl (C=O) groups excluding carboxylic acids is 1. The van der Waals surface area contributed by atoms with Crippen LogP contribution in [0.1, 0.15) is 36.0 Å². The molecule has 1 aliphatic rings. The van der Waals surface area contributed by atoms with Gasteiger partial charge in [0.05, 0.1) is 27.8 Å². The normalized spacial score (nSPS) is 15.0. The number of rotatable bonds is 6. The van der Waals surface area contributed by atoms with Crippen molar-refractivity contribution in [1.29, 1.82) is 0 Å². The lowest BCUT2D eigenvalue weighted by molar-refractivity contribution is -0.115. The van der Waals surface area contributed by atoms with Crippen LogP contribution in [0.5, 0.6) is 0 Å². The minimum Gasteiger partial charge on any atom is -0.370 e. The van der Waals surface area contributed by atoms with E-state index in [0.717, 1.165) is 39.7 Å². The summed E-state index contributed by atoms with van der Waals surface area (Å²) in [6, 6.07) is 7.97. The van der Waals surface area contributed by atoms with E-state index in [0.29, 0.717) is 17.0 Å². The van der Waals surface area contributed by atoms with Crippen molar-refractivity contribution < 1.29 is 4.79 Å². The van der Waals surface area contributed by atoms with Crippen LogP contribution < -0.4 is 15.8 Å². The summed E-state index contributed by atoms with van der Waals surface area (Å²) in [5, 5.41) is 3.49. The van der Waals surface area contributed by atoms with Crippen LogP contribution in [0.4, 0.5) is 11.4 Å². The van der Waals surface area contributed by atoms with E-state index in [1.165, 1.54) is 35.9 Å². The highest BCUT2D eigenvalue weighted by Crippen LogP contribution is 2.30. The van der Waals surface area contributed by atoms with E-state index in [1.807, 2.05) is 39.0 Å². The third kappa shape index (κ3) is 4.25. The predicted molar refractivity (Wildman–Crippen MR) is 127 cm³/mol. The van der Waals surface area contributed by atoms with Gasteiger partial charge in [0.1, 0.15) is 10.7 Å². The van der Waals surface area contributed by atoms with Gasteiger partial charge in [-0.15, -0.1) is 23.1 Å². The van der Waals surface area contributed by atoms with E-state index in [2.05, 4.69) is 26.3 Å². The fourth-order valence-corrected chi connectivity index (χ4v) is 5.50. The minimum absolute atomic E-state index is 0.0436. The summed E-state index contributed by atoms with van der Waals surface area (Å²) in [5.41, 5.74) is 2.83. The number of amides is 1. The summed E-state index contributed by atoms with van der Waals surface area (Å²) >= 11 is 3.01. The van der Waals surface area contributed by atoms with E-state index in [4.69, 9.17) is 0 Å². The van der Waals surface area contributed by atoms with Gasteiger partial charge < -0.3 is 15.2 Å². The van der Waals surface area contributed by atoms with Crippen molar-refractivity contribution in [1.82, 2.24) is 9.97 Å². The van der Waals surface area contributed by atoms with Crippen LogP contribution in [0, 0.1) is 13.8 Å². The Hall–Kier alpha value is -2.32. The molecule has 8 heteroatoms. The van der Waals surface area contributed by atoms with E-state index >= 15 is 0 Å². The molecule has 3 heterocycles. The Balaban J connectivity index is 1.42. The van der Waals surface area contributed by atoms with Gasteiger partial charge in [-0.05, 0) is 51.3 Å². The van der Waals surface area contributed by atoms with E-state index in [-0.39, 0.29) is 16.7 Å². The van der Waals surface area contributed by atoms with Gasteiger partial charge in [0.2, 0.25) is 5.91 Å². The Morgan fingerprint density at radius 1 is 1.30 bits per heavy atom. The molecule has 0 spiro atoms. The smallest absolute Gasteiger partial charge is 0.259 e. The molecule has 1 aliphatic heterocycles. The number of thioether (sulfide) groups is 1. The number of carbonyl (C=O) groups is 1. The Morgan fingerprint density at radius 3 is 2.80 bits per heavy atom. The molecule has 158 valence electrons.